The molecule has 0 saturated heterocycles. The number of ether oxygens (including phenoxy) is 2. The zero-order chi connectivity index (χ0) is 25.2. The van der Waals surface area contributed by atoms with Crippen LogP contribution in [-0.2, 0) is 21.1 Å². The molecule has 3 aromatic rings. The van der Waals surface area contributed by atoms with Gasteiger partial charge in [0.1, 0.15) is 9.84 Å². The molecule has 1 aliphatic heterocycles. The highest BCUT2D eigenvalue weighted by Gasteiger charge is 2.36. The molecule has 0 aliphatic carbocycles. The van der Waals surface area contributed by atoms with Crippen LogP contribution in [0.1, 0.15) is 6.92 Å². The van der Waals surface area contributed by atoms with Gasteiger partial charge in [-0.3, -0.25) is 14.5 Å². The van der Waals surface area contributed by atoms with Gasteiger partial charge in [0.05, 0.1) is 49.6 Å². The summed E-state index contributed by atoms with van der Waals surface area (Å²) in [5.41, 5.74) is 2.39. The molecule has 0 fully saturated rings. The maximum atomic E-state index is 13.1. The Morgan fingerprint density at radius 3 is 2.60 bits per heavy atom. The highest BCUT2D eigenvalue weighted by Crippen LogP contribution is 2.39. The Hall–Kier alpha value is -3.93. The molecular formula is C23H25N5O6S. The van der Waals surface area contributed by atoms with Crippen LogP contribution in [0, 0.1) is 0 Å². The molecule has 3 heterocycles. The Bertz CT molecular complexity index is 1340. The lowest BCUT2D eigenvalue weighted by Gasteiger charge is -2.39. The van der Waals surface area contributed by atoms with E-state index in [4.69, 9.17) is 9.47 Å². The fraction of sp³-hybridized carbons (Fsp3) is 0.304. The number of hydrogen-bond acceptors (Lipinski definition) is 8. The summed E-state index contributed by atoms with van der Waals surface area (Å²) in [5, 5.41) is 4.24. The number of amides is 2. The van der Waals surface area contributed by atoms with Crippen LogP contribution in [-0.4, -0.2) is 67.1 Å². The van der Waals surface area contributed by atoms with Gasteiger partial charge >= 0.3 is 12.2 Å². The van der Waals surface area contributed by atoms with E-state index in [1.807, 2.05) is 0 Å². The number of carbonyl (C=O) groups is 2. The largest absolute Gasteiger partial charge is 0.452 e. The topological polar surface area (TPSA) is 124 Å². The number of aryl methyl sites for hydroxylation is 1. The van der Waals surface area contributed by atoms with Crippen molar-refractivity contribution in [3.63, 3.8) is 0 Å². The van der Waals surface area contributed by atoms with E-state index in [0.29, 0.717) is 11.4 Å². The van der Waals surface area contributed by atoms with Crippen molar-refractivity contribution in [2.45, 2.75) is 19.5 Å². The standard InChI is InChI=1S/C23H25N5O6S/c1-16-14-27(22(29)34-21-6-4-5-9-24-21)20-12-17(7-8-19(20)28(16)23(30)33-2)18-13-25-26(15-18)10-11-35(3,31)32/h4-9,12-13,15-16H,10-11,14H2,1-3H3/t16-/m0/s1. The van der Waals surface area contributed by atoms with Crippen LogP contribution in [0.4, 0.5) is 21.0 Å². The smallest absolute Gasteiger partial charge is 0.421 e. The number of carbonyl (C=O) groups excluding carboxylic acids is 2. The Balaban J connectivity index is 1.69. The lowest BCUT2D eigenvalue weighted by atomic mass is 10.0. The fourth-order valence-electron chi connectivity index (χ4n) is 3.80. The van der Waals surface area contributed by atoms with Crippen molar-refractivity contribution >= 4 is 33.4 Å². The molecule has 11 nitrogen and oxygen atoms in total. The van der Waals surface area contributed by atoms with Gasteiger partial charge in [-0.1, -0.05) is 12.1 Å². The van der Waals surface area contributed by atoms with E-state index in [9.17, 15) is 18.0 Å². The molecule has 2 aromatic heterocycles. The van der Waals surface area contributed by atoms with Crippen LogP contribution in [0.25, 0.3) is 11.1 Å². The molecule has 35 heavy (non-hydrogen) atoms. The number of rotatable bonds is 5. The average Bonchev–Trinajstić information content (AvgIpc) is 3.31. The number of sulfone groups is 1. The van der Waals surface area contributed by atoms with Crippen LogP contribution < -0.4 is 14.5 Å². The Morgan fingerprint density at radius 1 is 1.11 bits per heavy atom. The van der Waals surface area contributed by atoms with E-state index in [0.717, 1.165) is 11.1 Å². The van der Waals surface area contributed by atoms with Gasteiger partial charge in [-0.2, -0.15) is 5.10 Å². The molecule has 1 atom stereocenters. The summed E-state index contributed by atoms with van der Waals surface area (Å²) in [5.74, 6) is 0.127. The number of anilines is 2. The first-order chi connectivity index (χ1) is 16.7. The van der Waals surface area contributed by atoms with Gasteiger partial charge in [0.15, 0.2) is 0 Å². The molecule has 184 valence electrons. The van der Waals surface area contributed by atoms with Gasteiger partial charge in [0, 0.05) is 30.3 Å². The minimum absolute atomic E-state index is 0.0303. The normalized spacial score (nSPS) is 15.5. The average molecular weight is 500 g/mol. The zero-order valence-corrected chi connectivity index (χ0v) is 20.3. The third-order valence-corrected chi connectivity index (χ3v) is 6.42. The van der Waals surface area contributed by atoms with Crippen molar-refractivity contribution in [1.82, 2.24) is 14.8 Å². The fourth-order valence-corrected chi connectivity index (χ4v) is 4.32. The molecule has 2 amide bonds. The van der Waals surface area contributed by atoms with Crippen molar-refractivity contribution in [2.24, 2.45) is 0 Å². The van der Waals surface area contributed by atoms with E-state index in [-0.39, 0.29) is 30.8 Å². The van der Waals surface area contributed by atoms with Crippen LogP contribution >= 0.6 is 0 Å². The molecule has 0 N–H and O–H groups in total. The highest BCUT2D eigenvalue weighted by atomic mass is 32.2. The van der Waals surface area contributed by atoms with Crippen LogP contribution in [0.15, 0.2) is 55.0 Å². The quantitative estimate of drug-likeness (QED) is 0.525. The SMILES string of the molecule is COC(=O)N1c2ccc(-c3cnn(CCS(C)(=O)=O)c3)cc2N(C(=O)Oc2ccccn2)C[C@@H]1C. The predicted octanol–water partition coefficient (Wildman–Crippen LogP) is 2.97. The van der Waals surface area contributed by atoms with Gasteiger partial charge < -0.3 is 9.47 Å². The summed E-state index contributed by atoms with van der Waals surface area (Å²) < 4.78 is 34.9. The second kappa shape index (κ2) is 9.74. The highest BCUT2D eigenvalue weighted by molar-refractivity contribution is 7.90. The van der Waals surface area contributed by atoms with Gasteiger partial charge in [-0.25, -0.2) is 23.0 Å². The summed E-state index contributed by atoms with van der Waals surface area (Å²) in [4.78, 5) is 32.6. The Kier molecular flexibility index (Phi) is 6.74. The molecule has 0 bridgehead atoms. The monoisotopic (exact) mass is 499 g/mol. The lowest BCUT2D eigenvalue weighted by molar-refractivity contribution is 0.175. The minimum Gasteiger partial charge on any atom is -0.452 e. The van der Waals surface area contributed by atoms with Gasteiger partial charge in [0.2, 0.25) is 5.88 Å². The summed E-state index contributed by atoms with van der Waals surface area (Å²) in [6.45, 7) is 2.20. The van der Waals surface area contributed by atoms with Crippen molar-refractivity contribution in [3.8, 4) is 17.0 Å². The number of methoxy groups -OCH3 is 1. The van der Waals surface area contributed by atoms with E-state index >= 15 is 0 Å². The van der Waals surface area contributed by atoms with Crippen LogP contribution in [0.3, 0.4) is 0 Å². The van der Waals surface area contributed by atoms with Crippen molar-refractivity contribution in [3.05, 3.63) is 55.0 Å². The summed E-state index contributed by atoms with van der Waals surface area (Å²) in [6, 6.07) is 9.91. The third kappa shape index (κ3) is 5.43. The number of aromatic nitrogens is 3. The second-order valence-electron chi connectivity index (χ2n) is 8.16. The summed E-state index contributed by atoms with van der Waals surface area (Å²) >= 11 is 0. The maximum Gasteiger partial charge on any atom is 0.421 e. The van der Waals surface area contributed by atoms with E-state index in [2.05, 4.69) is 10.1 Å². The Labute approximate surface area is 202 Å². The first-order valence-corrected chi connectivity index (χ1v) is 12.8. The molecule has 0 unspecified atom stereocenters. The molecule has 0 spiro atoms. The predicted molar refractivity (Wildman–Crippen MR) is 129 cm³/mol. The number of benzene rings is 1. The van der Waals surface area contributed by atoms with Crippen LogP contribution in [0.5, 0.6) is 5.88 Å². The molecule has 1 aliphatic rings. The molecule has 4 rings (SSSR count). The van der Waals surface area contributed by atoms with E-state index in [1.54, 1.807) is 60.4 Å². The maximum absolute atomic E-state index is 13.1. The third-order valence-electron chi connectivity index (χ3n) is 5.49. The van der Waals surface area contributed by atoms with Crippen molar-refractivity contribution in [2.75, 3.05) is 35.5 Å². The Morgan fingerprint density at radius 2 is 1.91 bits per heavy atom. The summed E-state index contributed by atoms with van der Waals surface area (Å²) in [6.07, 6.45) is 4.86. The number of fused-ring (bicyclic) bond motifs is 1. The van der Waals surface area contributed by atoms with Gasteiger partial charge in [-0.15, -0.1) is 0 Å². The summed E-state index contributed by atoms with van der Waals surface area (Å²) in [7, 11) is -1.83. The van der Waals surface area contributed by atoms with Crippen molar-refractivity contribution < 1.29 is 27.5 Å². The lowest BCUT2D eigenvalue weighted by Crippen LogP contribution is -2.52. The molecule has 12 heteroatoms. The van der Waals surface area contributed by atoms with Crippen LogP contribution in [0.2, 0.25) is 0 Å². The zero-order valence-electron chi connectivity index (χ0n) is 19.5. The molecule has 0 radical (unpaired) electrons. The first-order valence-electron chi connectivity index (χ1n) is 10.8. The minimum atomic E-state index is -3.13. The first kappa shape index (κ1) is 24.2. The second-order valence-corrected chi connectivity index (χ2v) is 10.4. The molecular weight excluding hydrogens is 474 g/mol. The molecule has 0 saturated carbocycles. The molecule has 1 aromatic carbocycles. The number of hydrogen-bond donors (Lipinski definition) is 0. The van der Waals surface area contributed by atoms with Crippen molar-refractivity contribution in [1.29, 1.82) is 0 Å². The van der Waals surface area contributed by atoms with E-state index in [1.165, 1.54) is 29.4 Å². The number of nitrogens with zero attached hydrogens (tertiary/aromatic N) is 5. The number of pyridine rings is 1. The van der Waals surface area contributed by atoms with Gasteiger partial charge in [-0.05, 0) is 30.7 Å². The van der Waals surface area contributed by atoms with Gasteiger partial charge in [0.25, 0.3) is 0 Å². The van der Waals surface area contributed by atoms with E-state index < -0.39 is 22.0 Å².